The minimum absolute atomic E-state index is 0.101. The topological polar surface area (TPSA) is 49.8 Å². The number of hydrogen-bond acceptors (Lipinski definition) is 3. The Morgan fingerprint density at radius 1 is 1.38 bits per heavy atom. The van der Waals surface area contributed by atoms with Crippen LogP contribution in [0.2, 0.25) is 0 Å². The van der Waals surface area contributed by atoms with Gasteiger partial charge in [-0.05, 0) is 18.4 Å². The van der Waals surface area contributed by atoms with Crippen molar-refractivity contribution in [3.05, 3.63) is 35.9 Å². The van der Waals surface area contributed by atoms with Gasteiger partial charge in [0.25, 0.3) is 0 Å². The van der Waals surface area contributed by atoms with Crippen molar-refractivity contribution in [1.29, 1.82) is 0 Å². The lowest BCUT2D eigenvalue weighted by Crippen LogP contribution is -2.71. The van der Waals surface area contributed by atoms with Crippen molar-refractivity contribution < 1.29 is 14.6 Å². The first kappa shape index (κ1) is 14.4. The summed E-state index contributed by atoms with van der Waals surface area (Å²) in [6.07, 6.45) is 1.37. The van der Waals surface area contributed by atoms with Gasteiger partial charge >= 0.3 is 6.09 Å². The molecule has 0 aromatic heterocycles. The lowest BCUT2D eigenvalue weighted by molar-refractivity contribution is -0.183. The highest BCUT2D eigenvalue weighted by atomic mass is 16.6. The van der Waals surface area contributed by atoms with Gasteiger partial charge in [-0.3, -0.25) is 0 Å². The molecule has 1 saturated heterocycles. The van der Waals surface area contributed by atoms with Crippen LogP contribution in [0.5, 0.6) is 0 Å². The Kier molecular flexibility index (Phi) is 3.66. The summed E-state index contributed by atoms with van der Waals surface area (Å²) in [5.74, 6) is 0.207. The Morgan fingerprint density at radius 2 is 2.10 bits per heavy atom. The molecule has 3 rings (SSSR count). The van der Waals surface area contributed by atoms with Gasteiger partial charge in [-0.2, -0.15) is 0 Å². The number of carbonyl (C=O) groups is 1. The number of aliphatic hydroxyl groups is 1. The van der Waals surface area contributed by atoms with Gasteiger partial charge in [0.15, 0.2) is 0 Å². The van der Waals surface area contributed by atoms with E-state index in [0.29, 0.717) is 6.61 Å². The van der Waals surface area contributed by atoms with E-state index >= 15 is 0 Å². The van der Waals surface area contributed by atoms with Crippen LogP contribution in [0.4, 0.5) is 4.79 Å². The minimum Gasteiger partial charge on any atom is -0.445 e. The highest BCUT2D eigenvalue weighted by Crippen LogP contribution is 2.52. The summed E-state index contributed by atoms with van der Waals surface area (Å²) in [6.45, 7) is 5.09. The Balaban J connectivity index is 1.64. The molecule has 0 spiro atoms. The lowest BCUT2D eigenvalue weighted by Gasteiger charge is -2.61. The summed E-state index contributed by atoms with van der Waals surface area (Å²) in [5, 5.41) is 10.2. The molecule has 2 aliphatic rings. The fourth-order valence-corrected chi connectivity index (χ4v) is 3.92. The predicted octanol–water partition coefficient (Wildman–Crippen LogP) is 2.80. The summed E-state index contributed by atoms with van der Waals surface area (Å²) in [5.41, 5.74) is 0.754. The van der Waals surface area contributed by atoms with E-state index in [-0.39, 0.29) is 29.6 Å². The maximum absolute atomic E-state index is 12.4. The molecule has 1 aliphatic carbocycles. The van der Waals surface area contributed by atoms with Crippen LogP contribution >= 0.6 is 0 Å². The number of nitrogens with zero attached hydrogens (tertiary/aromatic N) is 1. The molecule has 21 heavy (non-hydrogen) atoms. The van der Waals surface area contributed by atoms with Crippen LogP contribution in [0, 0.1) is 11.3 Å². The Labute approximate surface area is 125 Å². The maximum Gasteiger partial charge on any atom is 0.410 e. The summed E-state index contributed by atoms with van der Waals surface area (Å²) in [6, 6.07) is 9.81. The first-order chi connectivity index (χ1) is 10.0. The third-order valence-corrected chi connectivity index (χ3v) is 5.05. The van der Waals surface area contributed by atoms with Gasteiger partial charge in [-0.15, -0.1) is 0 Å². The van der Waals surface area contributed by atoms with Crippen molar-refractivity contribution in [3.8, 4) is 0 Å². The van der Waals surface area contributed by atoms with Gasteiger partial charge < -0.3 is 14.7 Å². The SMILES string of the molecule is CC1(C)[C@@H](O)[C@H]2CCCN(C(=O)OCc3ccccc3)[C@H]21. The van der Waals surface area contributed by atoms with Crippen LogP contribution in [0.25, 0.3) is 0 Å². The molecule has 0 unspecified atom stereocenters. The molecule has 3 atom stereocenters. The monoisotopic (exact) mass is 289 g/mol. The molecule has 1 heterocycles. The number of carbonyl (C=O) groups excluding carboxylic acids is 1. The number of benzene rings is 1. The zero-order valence-electron chi connectivity index (χ0n) is 12.7. The number of hydrogen-bond donors (Lipinski definition) is 1. The standard InChI is InChI=1S/C17H23NO3/c1-17(2)14-13(15(17)19)9-6-10-18(14)16(20)21-11-12-7-4-3-5-8-12/h3-5,7-8,13-15,19H,6,9-11H2,1-2H3/t13-,14+,15-/m0/s1. The molecule has 2 fully saturated rings. The fourth-order valence-electron chi connectivity index (χ4n) is 3.92. The second kappa shape index (κ2) is 5.34. The summed E-state index contributed by atoms with van der Waals surface area (Å²) >= 11 is 0. The van der Waals surface area contributed by atoms with Crippen molar-refractivity contribution in [2.24, 2.45) is 11.3 Å². The summed E-state index contributed by atoms with van der Waals surface area (Å²) in [7, 11) is 0. The van der Waals surface area contributed by atoms with Gasteiger partial charge in [-0.1, -0.05) is 44.2 Å². The first-order valence-electron chi connectivity index (χ1n) is 7.67. The fraction of sp³-hybridized carbons (Fsp3) is 0.588. The minimum atomic E-state index is -0.313. The largest absolute Gasteiger partial charge is 0.445 e. The molecule has 1 aromatic rings. The van der Waals surface area contributed by atoms with Crippen LogP contribution < -0.4 is 0 Å². The van der Waals surface area contributed by atoms with Gasteiger partial charge in [0.05, 0.1) is 6.10 Å². The molecule has 1 aromatic carbocycles. The molecular formula is C17H23NO3. The number of rotatable bonds is 2. The van der Waals surface area contributed by atoms with Gasteiger partial charge in [-0.25, -0.2) is 4.79 Å². The van der Waals surface area contributed by atoms with Gasteiger partial charge in [0.1, 0.15) is 6.61 Å². The third kappa shape index (κ3) is 2.42. The second-order valence-electron chi connectivity index (χ2n) is 6.75. The average molecular weight is 289 g/mol. The number of amides is 1. The molecular weight excluding hydrogens is 266 g/mol. The second-order valence-corrected chi connectivity index (χ2v) is 6.75. The number of piperidine rings is 1. The molecule has 0 radical (unpaired) electrons. The van der Waals surface area contributed by atoms with Crippen LogP contribution in [0.1, 0.15) is 32.3 Å². The van der Waals surface area contributed by atoms with E-state index < -0.39 is 0 Å². The Bertz CT molecular complexity index is 514. The average Bonchev–Trinajstić information content (AvgIpc) is 2.52. The van der Waals surface area contributed by atoms with Gasteiger partial charge in [0.2, 0.25) is 0 Å². The third-order valence-electron chi connectivity index (χ3n) is 5.05. The molecule has 0 bridgehead atoms. The van der Waals surface area contributed by atoms with E-state index in [9.17, 15) is 9.90 Å². The maximum atomic E-state index is 12.4. The zero-order chi connectivity index (χ0) is 15.0. The normalized spacial score (nSPS) is 30.2. The van der Waals surface area contributed by atoms with Crippen molar-refractivity contribution >= 4 is 6.09 Å². The Hall–Kier alpha value is -1.55. The van der Waals surface area contributed by atoms with Crippen LogP contribution in [0.15, 0.2) is 30.3 Å². The molecule has 4 nitrogen and oxygen atoms in total. The van der Waals surface area contributed by atoms with Gasteiger partial charge in [0, 0.05) is 23.9 Å². The van der Waals surface area contributed by atoms with E-state index in [0.717, 1.165) is 24.9 Å². The van der Waals surface area contributed by atoms with E-state index in [1.54, 1.807) is 0 Å². The lowest BCUT2D eigenvalue weighted by atomic mass is 9.54. The smallest absolute Gasteiger partial charge is 0.410 e. The zero-order valence-corrected chi connectivity index (χ0v) is 12.7. The van der Waals surface area contributed by atoms with Crippen LogP contribution in [-0.4, -0.2) is 34.8 Å². The number of likely N-dealkylation sites (tertiary alicyclic amines) is 1. The van der Waals surface area contributed by atoms with Crippen molar-refractivity contribution in [2.45, 2.75) is 45.4 Å². The molecule has 1 saturated carbocycles. The quantitative estimate of drug-likeness (QED) is 0.911. The highest BCUT2D eigenvalue weighted by molar-refractivity contribution is 5.68. The van der Waals surface area contributed by atoms with E-state index in [1.807, 2.05) is 49.1 Å². The van der Waals surface area contributed by atoms with Crippen molar-refractivity contribution in [1.82, 2.24) is 4.90 Å². The predicted molar refractivity (Wildman–Crippen MR) is 79.6 cm³/mol. The van der Waals surface area contributed by atoms with E-state index in [2.05, 4.69) is 0 Å². The Morgan fingerprint density at radius 3 is 2.81 bits per heavy atom. The van der Waals surface area contributed by atoms with Crippen molar-refractivity contribution in [3.63, 3.8) is 0 Å². The first-order valence-corrected chi connectivity index (χ1v) is 7.67. The van der Waals surface area contributed by atoms with E-state index in [4.69, 9.17) is 4.74 Å². The number of fused-ring (bicyclic) bond motifs is 1. The molecule has 1 N–H and O–H groups in total. The van der Waals surface area contributed by atoms with Crippen LogP contribution in [0.3, 0.4) is 0 Å². The summed E-state index contributed by atoms with van der Waals surface area (Å²) < 4.78 is 5.45. The number of aliphatic hydroxyl groups excluding tert-OH is 1. The highest BCUT2D eigenvalue weighted by Gasteiger charge is 2.60. The van der Waals surface area contributed by atoms with Crippen molar-refractivity contribution in [2.75, 3.05) is 6.54 Å². The molecule has 1 amide bonds. The van der Waals surface area contributed by atoms with E-state index in [1.165, 1.54) is 0 Å². The molecule has 114 valence electrons. The molecule has 1 aliphatic heterocycles. The molecule has 4 heteroatoms. The summed E-state index contributed by atoms with van der Waals surface area (Å²) in [4.78, 5) is 14.2. The van der Waals surface area contributed by atoms with Crippen LogP contribution in [-0.2, 0) is 11.3 Å². The number of ether oxygens (including phenoxy) is 1.